The zero-order valence-corrected chi connectivity index (χ0v) is 64.8. The minimum atomic E-state index is -1.21. The second kappa shape index (κ2) is 36.6. The highest BCUT2D eigenvalue weighted by Gasteiger charge is 2.29. The number of carbonyl (C=O) groups is 10. The molecule has 115 heavy (non-hydrogen) atoms. The van der Waals surface area contributed by atoms with Gasteiger partial charge in [-0.15, -0.1) is 0 Å². The number of nitrogens with zero attached hydrogens (tertiary/aromatic N) is 7. The van der Waals surface area contributed by atoms with Crippen molar-refractivity contribution in [1.82, 2.24) is 102 Å². The Morgan fingerprint density at radius 1 is 0.348 bits per heavy atom. The van der Waals surface area contributed by atoms with Gasteiger partial charge in [-0.3, -0.25) is 47.9 Å². The van der Waals surface area contributed by atoms with Crippen LogP contribution >= 0.6 is 0 Å². The summed E-state index contributed by atoms with van der Waals surface area (Å²) in [7, 11) is 7.81. The lowest BCUT2D eigenvalue weighted by molar-refractivity contribution is -0.139. The van der Waals surface area contributed by atoms with Crippen LogP contribution < -0.4 is 53.6 Å². The summed E-state index contributed by atoms with van der Waals surface area (Å²) in [6.45, 7) is 7.62. The molecule has 0 fully saturated rings. The SMILES string of the molecule is C[C@@H](NC(=O)CNCCNC(=O)c1ccc(-c2nc3cc(-c4ccc5[nH]c(-c6ccc(C(=O)NCCN(C)C)cc6)nc5c4)ccc3[nH]2)cc1)C(=O)N[C@H](C)C(=O)N[C@H](C)C(=O)N[C@H](C)C(=O)N(CCNC(=O)c1ccc(-c2nc3cc(-c4ccc5[nH]c(-c6ccc(C(=O)NCCN(C)C)cc6)nc5c4)ccc3[nH]2)cc1)CC(N)=O. The first-order valence-electron chi connectivity index (χ1n) is 37.6. The number of nitrogens with one attached hydrogen (secondary N) is 13. The van der Waals surface area contributed by atoms with Crippen LogP contribution in [0.25, 0.3) is 112 Å². The van der Waals surface area contributed by atoms with Crippen LogP contribution in [0, 0.1) is 0 Å². The standard InChI is InChI=1S/C84H91N21O10/c1-47(91-72(107)45-86-33-34-87-80(111)55-17-9-51(10-18-55)73-95-63-29-25-59(41-67(63)99-73)60-26-30-64-68(42-60)100-74(96-64)52-11-19-56(20-12-52)81(112)88-35-38-103(5)6)77(108)92-48(2)78(109)93-49(3)79(110)94-50(4)84(115)105(46-71(85)106)40-37-90-83(114)58-23-15-54(16-24-58)76-98-66-32-28-62(44-70(66)102-76)61-27-31-65-69(43-61)101-75(97-65)53-13-21-57(22-14-53)82(113)89-36-39-104(7)8/h9-32,41-44,47-50,86H,33-40,45-46H2,1-8H3,(H2,85,106)(H,87,111)(H,88,112)(H,89,113)(H,90,114)(H,91,107)(H,92,108)(H,93,109)(H,94,110)(H,95,99)(H,96,100)(H,97,101)(H,98,102)/t47-,48-,49-,50-/m1/s1. The molecule has 15 N–H and O–H groups in total. The quantitative estimate of drug-likeness (QED) is 0.0210. The van der Waals surface area contributed by atoms with Crippen molar-refractivity contribution in [1.29, 1.82) is 0 Å². The molecule has 0 aliphatic carbocycles. The first-order chi connectivity index (χ1) is 55.2. The van der Waals surface area contributed by atoms with Crippen LogP contribution in [0.3, 0.4) is 0 Å². The molecule has 0 bridgehead atoms. The average molecular weight is 1550 g/mol. The molecule has 10 amide bonds. The maximum absolute atomic E-state index is 13.6. The van der Waals surface area contributed by atoms with E-state index >= 15 is 0 Å². The summed E-state index contributed by atoms with van der Waals surface area (Å²) in [6, 6.07) is 47.7. The number of rotatable bonds is 34. The Kier molecular flexibility index (Phi) is 25.7. The van der Waals surface area contributed by atoms with Crippen molar-refractivity contribution in [3.63, 3.8) is 0 Å². The van der Waals surface area contributed by atoms with E-state index in [1.54, 1.807) is 72.8 Å². The normalized spacial score (nSPS) is 12.4. The Labute approximate surface area is 661 Å². The average Bonchev–Trinajstić information content (AvgIpc) is 1.65. The van der Waals surface area contributed by atoms with Crippen molar-refractivity contribution in [2.75, 3.05) is 93.6 Å². The molecule has 0 saturated heterocycles. The number of carbonyl (C=O) groups excluding carboxylic acids is 10. The molecule has 0 radical (unpaired) electrons. The number of nitrogens with two attached hydrogens (primary N) is 1. The minimum absolute atomic E-state index is 0.0855. The largest absolute Gasteiger partial charge is 0.368 e. The van der Waals surface area contributed by atoms with Gasteiger partial charge in [-0.2, -0.15) is 0 Å². The predicted octanol–water partition coefficient (Wildman–Crippen LogP) is 5.86. The van der Waals surface area contributed by atoms with E-state index < -0.39 is 72.1 Å². The number of aromatic amines is 4. The maximum Gasteiger partial charge on any atom is 0.251 e. The Morgan fingerprint density at radius 3 is 0.930 bits per heavy atom. The number of imidazole rings is 4. The smallest absolute Gasteiger partial charge is 0.251 e. The zero-order chi connectivity index (χ0) is 81.6. The summed E-state index contributed by atoms with van der Waals surface area (Å²) in [6.07, 6.45) is 0. The van der Waals surface area contributed by atoms with E-state index in [0.29, 0.717) is 58.6 Å². The molecule has 31 nitrogen and oxygen atoms in total. The Hall–Kier alpha value is -13.8. The van der Waals surface area contributed by atoms with Gasteiger partial charge in [0.25, 0.3) is 23.6 Å². The predicted molar refractivity (Wildman–Crippen MR) is 440 cm³/mol. The maximum atomic E-state index is 13.6. The summed E-state index contributed by atoms with van der Waals surface area (Å²) in [5, 5.41) is 24.5. The van der Waals surface area contributed by atoms with Gasteiger partial charge < -0.3 is 88.2 Å². The van der Waals surface area contributed by atoms with Crippen molar-refractivity contribution >= 4 is 103 Å². The van der Waals surface area contributed by atoms with Gasteiger partial charge in [0, 0.05) is 96.9 Å². The third-order valence-electron chi connectivity index (χ3n) is 19.2. The number of amides is 10. The highest BCUT2D eigenvalue weighted by molar-refractivity contribution is 6.00. The summed E-state index contributed by atoms with van der Waals surface area (Å²) in [5.41, 5.74) is 20.7. The molecule has 592 valence electrons. The van der Waals surface area contributed by atoms with Gasteiger partial charge >= 0.3 is 0 Å². The van der Waals surface area contributed by atoms with Gasteiger partial charge in [-0.1, -0.05) is 72.8 Å². The fourth-order valence-electron chi connectivity index (χ4n) is 12.7. The summed E-state index contributed by atoms with van der Waals surface area (Å²) >= 11 is 0. The number of hydrogen-bond acceptors (Lipinski definition) is 17. The topological polar surface area (TPSA) is 429 Å². The third kappa shape index (κ3) is 20.7. The molecule has 8 aromatic carbocycles. The van der Waals surface area contributed by atoms with Crippen LogP contribution in [0.1, 0.15) is 69.1 Å². The molecule has 31 heteroatoms. The highest BCUT2D eigenvalue weighted by atomic mass is 16.2. The van der Waals surface area contributed by atoms with Crippen molar-refractivity contribution in [3.8, 4) is 67.8 Å². The summed E-state index contributed by atoms with van der Waals surface area (Å²) in [5.74, 6) is -2.73. The van der Waals surface area contributed by atoms with Crippen LogP contribution in [0.2, 0.25) is 0 Å². The molecule has 12 rings (SSSR count). The first kappa shape index (κ1) is 80.7. The zero-order valence-electron chi connectivity index (χ0n) is 64.8. The lowest BCUT2D eigenvalue weighted by atomic mass is 10.0. The van der Waals surface area contributed by atoms with Gasteiger partial charge in [0.15, 0.2) is 0 Å². The van der Waals surface area contributed by atoms with Crippen LogP contribution in [-0.4, -0.2) is 231 Å². The fourth-order valence-corrected chi connectivity index (χ4v) is 12.7. The first-order valence-corrected chi connectivity index (χ1v) is 37.6. The van der Waals surface area contributed by atoms with Crippen LogP contribution in [0.4, 0.5) is 0 Å². The molecule has 4 heterocycles. The monoisotopic (exact) mass is 1550 g/mol. The van der Waals surface area contributed by atoms with Crippen molar-refractivity contribution in [3.05, 3.63) is 192 Å². The van der Waals surface area contributed by atoms with Crippen molar-refractivity contribution < 1.29 is 47.9 Å². The van der Waals surface area contributed by atoms with E-state index in [1.165, 1.54) is 27.7 Å². The molecule has 4 aromatic heterocycles. The van der Waals surface area contributed by atoms with Crippen LogP contribution in [0.5, 0.6) is 0 Å². The molecule has 0 aliphatic heterocycles. The third-order valence-corrected chi connectivity index (χ3v) is 19.2. The van der Waals surface area contributed by atoms with Gasteiger partial charge in [0.2, 0.25) is 35.4 Å². The van der Waals surface area contributed by atoms with Gasteiger partial charge in [-0.25, -0.2) is 19.9 Å². The second-order valence-corrected chi connectivity index (χ2v) is 28.6. The number of H-pyrrole nitrogens is 4. The molecule has 12 aromatic rings. The fraction of sp³-hybridized carbons (Fsp3) is 0.262. The number of benzene rings is 8. The van der Waals surface area contributed by atoms with Crippen LogP contribution in [0.15, 0.2) is 170 Å². The van der Waals surface area contributed by atoms with Gasteiger partial charge in [-0.05, 0) is 175 Å². The van der Waals surface area contributed by atoms with Crippen molar-refractivity contribution in [2.45, 2.75) is 51.9 Å². The molecule has 4 atom stereocenters. The number of primary amides is 1. The molecule has 0 spiro atoms. The van der Waals surface area contributed by atoms with Crippen LogP contribution in [-0.2, 0) is 28.8 Å². The number of aromatic nitrogens is 8. The van der Waals surface area contributed by atoms with E-state index in [1.807, 2.05) is 135 Å². The summed E-state index contributed by atoms with van der Waals surface area (Å²) < 4.78 is 0. The second-order valence-electron chi connectivity index (χ2n) is 28.6. The number of fused-ring (bicyclic) bond motifs is 4. The Morgan fingerprint density at radius 2 is 0.626 bits per heavy atom. The molecular formula is C84H91N21O10. The minimum Gasteiger partial charge on any atom is -0.368 e. The number of likely N-dealkylation sites (N-methyl/N-ethyl adjacent to an activating group) is 2. The van der Waals surface area contributed by atoms with E-state index in [0.717, 1.165) is 107 Å². The Balaban J connectivity index is 0.528. The van der Waals surface area contributed by atoms with E-state index in [-0.39, 0.29) is 50.4 Å². The highest BCUT2D eigenvalue weighted by Crippen LogP contribution is 2.32. The lowest BCUT2D eigenvalue weighted by Gasteiger charge is -2.26. The van der Waals surface area contributed by atoms with Crippen molar-refractivity contribution in [2.24, 2.45) is 5.73 Å². The summed E-state index contributed by atoms with van der Waals surface area (Å²) in [4.78, 5) is 168. The van der Waals surface area contributed by atoms with E-state index in [2.05, 4.69) is 67.8 Å². The van der Waals surface area contributed by atoms with E-state index in [9.17, 15) is 47.9 Å². The number of hydrogen-bond donors (Lipinski definition) is 14. The Bertz CT molecular complexity index is 5600. The van der Waals surface area contributed by atoms with E-state index in [4.69, 9.17) is 25.7 Å². The van der Waals surface area contributed by atoms with Gasteiger partial charge in [0.1, 0.15) is 47.5 Å². The van der Waals surface area contributed by atoms with Gasteiger partial charge in [0.05, 0.1) is 57.2 Å². The molecule has 0 unspecified atom stereocenters. The lowest BCUT2D eigenvalue weighted by Crippen LogP contribution is -2.57. The molecular weight excluding hydrogens is 1460 g/mol. The molecule has 0 saturated carbocycles. The molecule has 0 aliphatic rings.